The third-order valence-electron chi connectivity index (χ3n) is 4.66. The van der Waals surface area contributed by atoms with Crippen LogP contribution in [0.2, 0.25) is 0 Å². The smallest absolute Gasteiger partial charge is 0.148 e. The van der Waals surface area contributed by atoms with Gasteiger partial charge in [-0.1, -0.05) is 26.0 Å². The summed E-state index contributed by atoms with van der Waals surface area (Å²) in [6, 6.07) is 6.58. The van der Waals surface area contributed by atoms with Gasteiger partial charge in [0, 0.05) is 0 Å². The number of benzene rings is 1. The summed E-state index contributed by atoms with van der Waals surface area (Å²) < 4.78 is 6.41. The van der Waals surface area contributed by atoms with Crippen molar-refractivity contribution in [3.63, 3.8) is 0 Å². The fourth-order valence-corrected chi connectivity index (χ4v) is 3.97. The van der Waals surface area contributed by atoms with Gasteiger partial charge in [-0.25, -0.2) is 9.97 Å². The number of anilines is 1. The van der Waals surface area contributed by atoms with Crippen LogP contribution >= 0.6 is 15.9 Å². The lowest BCUT2D eigenvalue weighted by Gasteiger charge is -2.28. The van der Waals surface area contributed by atoms with Gasteiger partial charge in [0.2, 0.25) is 0 Å². The highest BCUT2D eigenvalue weighted by Crippen LogP contribution is 2.37. The minimum atomic E-state index is 0.259. The van der Waals surface area contributed by atoms with Gasteiger partial charge in [-0.3, -0.25) is 0 Å². The molecular weight excluding hydrogens is 366 g/mol. The number of hydrogen-bond donors (Lipinski definition) is 1. The van der Waals surface area contributed by atoms with E-state index in [2.05, 4.69) is 52.2 Å². The average molecular weight is 390 g/mol. The number of ether oxygens (including phenoxy) is 1. The highest BCUT2D eigenvalue weighted by Gasteiger charge is 2.24. The molecule has 4 nitrogen and oxygen atoms in total. The number of methoxy groups -OCH3 is 1. The van der Waals surface area contributed by atoms with Crippen LogP contribution in [-0.4, -0.2) is 17.1 Å². The predicted molar refractivity (Wildman–Crippen MR) is 101 cm³/mol. The molecule has 1 aliphatic rings. The minimum absolute atomic E-state index is 0.259. The van der Waals surface area contributed by atoms with Crippen LogP contribution in [0.1, 0.15) is 55.2 Å². The second kappa shape index (κ2) is 7.51. The molecule has 2 aromatic rings. The summed E-state index contributed by atoms with van der Waals surface area (Å²) in [4.78, 5) is 9.50. The van der Waals surface area contributed by atoms with E-state index in [-0.39, 0.29) is 6.04 Å². The fraction of sp³-hybridized carbons (Fsp3) is 0.474. The molecule has 1 atom stereocenters. The van der Waals surface area contributed by atoms with E-state index in [9.17, 15) is 0 Å². The molecule has 24 heavy (non-hydrogen) atoms. The van der Waals surface area contributed by atoms with Crippen LogP contribution in [0.4, 0.5) is 5.82 Å². The number of aryl methyl sites for hydroxylation is 2. The molecule has 1 aromatic heterocycles. The molecule has 1 unspecified atom stereocenters. The first-order chi connectivity index (χ1) is 11.7. The molecule has 0 amide bonds. The lowest BCUT2D eigenvalue weighted by Crippen LogP contribution is -2.20. The molecule has 0 saturated carbocycles. The standard InChI is InChI=1S/C19H24BrN3O/c1-4-14-18(20)21-15(5-2)19(22-14)23-16-10-6-9-13-12(16)8-7-11-17(13)24-3/h7-8,11,16H,4-6,9-10H2,1-3H3,(H,22,23). The Morgan fingerprint density at radius 3 is 2.71 bits per heavy atom. The summed E-state index contributed by atoms with van der Waals surface area (Å²) in [5.74, 6) is 1.91. The van der Waals surface area contributed by atoms with Crippen molar-refractivity contribution < 1.29 is 4.74 Å². The van der Waals surface area contributed by atoms with Crippen LogP contribution < -0.4 is 10.1 Å². The van der Waals surface area contributed by atoms with Crippen molar-refractivity contribution in [1.82, 2.24) is 9.97 Å². The van der Waals surface area contributed by atoms with Gasteiger partial charge in [0.1, 0.15) is 16.2 Å². The third kappa shape index (κ3) is 3.27. The lowest BCUT2D eigenvalue weighted by molar-refractivity contribution is 0.404. The first-order valence-corrected chi connectivity index (χ1v) is 9.44. The zero-order valence-corrected chi connectivity index (χ0v) is 16.1. The summed E-state index contributed by atoms with van der Waals surface area (Å²) in [5.41, 5.74) is 4.65. The molecular formula is C19H24BrN3O. The Hall–Kier alpha value is -1.62. The van der Waals surface area contributed by atoms with E-state index in [0.29, 0.717) is 0 Å². The molecule has 0 spiro atoms. The Morgan fingerprint density at radius 2 is 2.00 bits per heavy atom. The Kier molecular flexibility index (Phi) is 5.39. The van der Waals surface area contributed by atoms with E-state index in [0.717, 1.165) is 59.7 Å². The zero-order valence-electron chi connectivity index (χ0n) is 14.5. The number of rotatable bonds is 5. The van der Waals surface area contributed by atoms with Gasteiger partial charge in [-0.15, -0.1) is 0 Å². The molecule has 1 aromatic carbocycles. The van der Waals surface area contributed by atoms with Crippen LogP contribution in [-0.2, 0) is 19.3 Å². The number of nitrogens with one attached hydrogen (secondary N) is 1. The average Bonchev–Trinajstić information content (AvgIpc) is 2.62. The number of halogens is 1. The van der Waals surface area contributed by atoms with Gasteiger partial charge in [-0.05, 0) is 65.2 Å². The van der Waals surface area contributed by atoms with Gasteiger partial charge in [0.05, 0.1) is 24.5 Å². The molecule has 128 valence electrons. The van der Waals surface area contributed by atoms with Gasteiger partial charge < -0.3 is 10.1 Å². The lowest BCUT2D eigenvalue weighted by atomic mass is 9.87. The van der Waals surface area contributed by atoms with Gasteiger partial charge in [0.15, 0.2) is 0 Å². The van der Waals surface area contributed by atoms with Crippen LogP contribution in [0.15, 0.2) is 22.8 Å². The van der Waals surface area contributed by atoms with Gasteiger partial charge in [0.25, 0.3) is 0 Å². The van der Waals surface area contributed by atoms with Crippen LogP contribution in [0, 0.1) is 0 Å². The maximum absolute atomic E-state index is 5.55. The Balaban J connectivity index is 1.96. The molecule has 0 radical (unpaired) electrons. The first-order valence-electron chi connectivity index (χ1n) is 8.65. The maximum Gasteiger partial charge on any atom is 0.148 e. The Bertz CT molecular complexity index is 733. The number of aromatic nitrogens is 2. The first kappa shape index (κ1) is 17.2. The van der Waals surface area contributed by atoms with Crippen molar-refractivity contribution in [2.45, 2.75) is 52.0 Å². The van der Waals surface area contributed by atoms with Crippen molar-refractivity contribution in [1.29, 1.82) is 0 Å². The largest absolute Gasteiger partial charge is 0.496 e. The van der Waals surface area contributed by atoms with Crippen molar-refractivity contribution in [3.8, 4) is 5.75 Å². The van der Waals surface area contributed by atoms with Crippen LogP contribution in [0.5, 0.6) is 5.75 Å². The maximum atomic E-state index is 5.55. The highest BCUT2D eigenvalue weighted by atomic mass is 79.9. The minimum Gasteiger partial charge on any atom is -0.496 e. The summed E-state index contributed by atoms with van der Waals surface area (Å²) >= 11 is 3.53. The second-order valence-electron chi connectivity index (χ2n) is 6.08. The number of fused-ring (bicyclic) bond motifs is 1. The van der Waals surface area contributed by atoms with E-state index in [1.807, 2.05) is 6.07 Å². The van der Waals surface area contributed by atoms with Crippen molar-refractivity contribution in [2.75, 3.05) is 12.4 Å². The van der Waals surface area contributed by atoms with Crippen LogP contribution in [0.3, 0.4) is 0 Å². The van der Waals surface area contributed by atoms with Gasteiger partial charge >= 0.3 is 0 Å². The molecule has 5 heteroatoms. The van der Waals surface area contributed by atoms with Crippen molar-refractivity contribution >= 4 is 21.7 Å². The van der Waals surface area contributed by atoms with Gasteiger partial charge in [-0.2, -0.15) is 0 Å². The van der Waals surface area contributed by atoms with Crippen molar-refractivity contribution in [3.05, 3.63) is 45.3 Å². The van der Waals surface area contributed by atoms with Crippen molar-refractivity contribution in [2.24, 2.45) is 0 Å². The molecule has 1 aliphatic carbocycles. The van der Waals surface area contributed by atoms with E-state index >= 15 is 0 Å². The summed E-state index contributed by atoms with van der Waals surface area (Å²) in [5, 5.41) is 3.66. The molecule has 0 bridgehead atoms. The predicted octanol–water partition coefficient (Wildman–Crippen LogP) is 4.86. The molecule has 1 heterocycles. The SMILES string of the molecule is CCc1nc(NC2CCCc3c(OC)cccc32)c(CC)nc1Br. The molecule has 0 fully saturated rings. The zero-order chi connectivity index (χ0) is 17.1. The Labute approximate surface area is 152 Å². The topological polar surface area (TPSA) is 47.0 Å². The van der Waals surface area contributed by atoms with E-state index < -0.39 is 0 Å². The number of nitrogens with zero attached hydrogens (tertiary/aromatic N) is 2. The van der Waals surface area contributed by atoms with E-state index in [1.165, 1.54) is 11.1 Å². The molecule has 0 saturated heterocycles. The summed E-state index contributed by atoms with van der Waals surface area (Å²) in [7, 11) is 1.75. The molecule has 3 rings (SSSR count). The van der Waals surface area contributed by atoms with E-state index in [1.54, 1.807) is 7.11 Å². The fourth-order valence-electron chi connectivity index (χ4n) is 3.39. The normalized spacial score (nSPS) is 16.6. The number of hydrogen-bond acceptors (Lipinski definition) is 4. The Morgan fingerprint density at radius 1 is 1.21 bits per heavy atom. The molecule has 0 aliphatic heterocycles. The third-order valence-corrected chi connectivity index (χ3v) is 5.29. The summed E-state index contributed by atoms with van der Waals surface area (Å²) in [6.07, 6.45) is 5.04. The quantitative estimate of drug-likeness (QED) is 0.792. The second-order valence-corrected chi connectivity index (χ2v) is 6.83. The van der Waals surface area contributed by atoms with Crippen LogP contribution in [0.25, 0.3) is 0 Å². The monoisotopic (exact) mass is 389 g/mol. The van der Waals surface area contributed by atoms with E-state index in [4.69, 9.17) is 9.72 Å². The summed E-state index contributed by atoms with van der Waals surface area (Å²) in [6.45, 7) is 4.22. The highest BCUT2D eigenvalue weighted by molar-refractivity contribution is 9.10. The molecule has 1 N–H and O–H groups in total.